The molecule has 104 valence electrons. The number of nitriles is 1. The van der Waals surface area contributed by atoms with Crippen molar-refractivity contribution in [3.8, 4) is 16.8 Å². The summed E-state index contributed by atoms with van der Waals surface area (Å²) in [7, 11) is 0. The molecule has 0 amide bonds. The second-order valence-corrected chi connectivity index (χ2v) is 6.37. The van der Waals surface area contributed by atoms with Crippen LogP contribution in [0, 0.1) is 11.3 Å². The van der Waals surface area contributed by atoms with E-state index in [2.05, 4.69) is 20.8 Å². The highest BCUT2D eigenvalue weighted by molar-refractivity contribution is 7.99. The second-order valence-electron chi connectivity index (χ2n) is 4.48. The summed E-state index contributed by atoms with van der Waals surface area (Å²) in [4.78, 5) is 1.10. The van der Waals surface area contributed by atoms with Crippen LogP contribution >= 0.6 is 23.1 Å². The van der Waals surface area contributed by atoms with Gasteiger partial charge in [-0.3, -0.25) is 4.57 Å². The smallest absolute Gasteiger partial charge is 0.192 e. The monoisotopic (exact) mass is 306 g/mol. The van der Waals surface area contributed by atoms with Crippen molar-refractivity contribution in [2.45, 2.75) is 30.6 Å². The molecule has 1 saturated heterocycles. The van der Waals surface area contributed by atoms with Gasteiger partial charge in [0.25, 0.3) is 0 Å². The van der Waals surface area contributed by atoms with Gasteiger partial charge in [-0.25, -0.2) is 0 Å². The third kappa shape index (κ3) is 2.87. The molecule has 0 N–H and O–H groups in total. The summed E-state index contributed by atoms with van der Waals surface area (Å²) < 4.78 is 7.80. The lowest BCUT2D eigenvalue weighted by atomic mass is 10.2. The van der Waals surface area contributed by atoms with Crippen LogP contribution in [0.5, 0.6) is 0 Å². The Kier molecular flexibility index (Phi) is 4.35. The molecule has 3 heterocycles. The summed E-state index contributed by atoms with van der Waals surface area (Å²) in [5.41, 5.74) is 0. The minimum Gasteiger partial charge on any atom is -0.376 e. The number of nitrogens with zero attached hydrogens (tertiary/aromatic N) is 4. The average Bonchev–Trinajstić information content (AvgIpc) is 3.19. The summed E-state index contributed by atoms with van der Waals surface area (Å²) in [6.45, 7) is 1.59. The molecular formula is C13H14N4OS2. The van der Waals surface area contributed by atoms with E-state index in [9.17, 15) is 0 Å². The van der Waals surface area contributed by atoms with Crippen molar-refractivity contribution in [1.82, 2.24) is 14.8 Å². The van der Waals surface area contributed by atoms with E-state index in [1.165, 1.54) is 11.8 Å². The fourth-order valence-electron chi connectivity index (χ4n) is 2.24. The predicted octanol–water partition coefficient (Wildman–Crippen LogP) is 2.80. The maximum Gasteiger partial charge on any atom is 0.192 e. The van der Waals surface area contributed by atoms with Gasteiger partial charge in [0, 0.05) is 6.61 Å². The van der Waals surface area contributed by atoms with Gasteiger partial charge in [0.1, 0.15) is 0 Å². The fraction of sp³-hybridized carbons (Fsp3) is 0.462. The van der Waals surface area contributed by atoms with E-state index < -0.39 is 0 Å². The zero-order chi connectivity index (χ0) is 13.8. The normalized spacial score (nSPS) is 18.2. The van der Waals surface area contributed by atoms with Gasteiger partial charge in [-0.05, 0) is 24.3 Å². The van der Waals surface area contributed by atoms with Gasteiger partial charge in [0.15, 0.2) is 11.0 Å². The minimum atomic E-state index is 0.228. The highest BCUT2D eigenvalue weighted by Gasteiger charge is 2.21. The standard InChI is InChI=1S/C13H14N4OS2/c14-5-8-20-13-16-15-12(11-4-2-7-19-11)17(13)9-10-3-1-6-18-10/h2,4,7,10H,1,3,6,8-9H2/t10-/m0/s1. The SMILES string of the molecule is N#CCSc1nnc(-c2cccs2)n1C[C@@H]1CCCO1. The van der Waals surface area contributed by atoms with Crippen molar-refractivity contribution >= 4 is 23.1 Å². The summed E-state index contributed by atoms with van der Waals surface area (Å²) in [5, 5.41) is 20.1. The lowest BCUT2D eigenvalue weighted by Crippen LogP contribution is -2.16. The van der Waals surface area contributed by atoms with Gasteiger partial charge < -0.3 is 4.74 Å². The maximum atomic E-state index is 8.74. The Bertz CT molecular complexity index is 596. The van der Waals surface area contributed by atoms with Crippen molar-refractivity contribution in [3.63, 3.8) is 0 Å². The van der Waals surface area contributed by atoms with Gasteiger partial charge >= 0.3 is 0 Å². The molecular weight excluding hydrogens is 292 g/mol. The molecule has 3 rings (SSSR count). The molecule has 0 unspecified atom stereocenters. The molecule has 5 nitrogen and oxygen atoms in total. The Morgan fingerprint density at radius 1 is 1.55 bits per heavy atom. The fourth-order valence-corrected chi connectivity index (χ4v) is 3.56. The molecule has 1 aliphatic heterocycles. The predicted molar refractivity (Wildman–Crippen MR) is 78.6 cm³/mol. The highest BCUT2D eigenvalue weighted by atomic mass is 32.2. The number of aromatic nitrogens is 3. The molecule has 2 aromatic rings. The first-order valence-electron chi connectivity index (χ1n) is 6.47. The van der Waals surface area contributed by atoms with E-state index in [0.717, 1.165) is 41.9 Å². The molecule has 1 fully saturated rings. The van der Waals surface area contributed by atoms with Gasteiger partial charge in [-0.1, -0.05) is 17.8 Å². The summed E-state index contributed by atoms with van der Waals surface area (Å²) in [5.74, 6) is 1.25. The number of thiophene rings is 1. The van der Waals surface area contributed by atoms with Crippen molar-refractivity contribution in [3.05, 3.63) is 17.5 Å². The third-order valence-corrected chi connectivity index (χ3v) is 4.83. The van der Waals surface area contributed by atoms with Crippen LogP contribution in [0.3, 0.4) is 0 Å². The van der Waals surface area contributed by atoms with E-state index in [-0.39, 0.29) is 6.10 Å². The van der Waals surface area contributed by atoms with Crippen LogP contribution in [-0.2, 0) is 11.3 Å². The number of hydrogen-bond donors (Lipinski definition) is 0. The summed E-state index contributed by atoms with van der Waals surface area (Å²) in [6, 6.07) is 6.18. The minimum absolute atomic E-state index is 0.228. The molecule has 1 aliphatic rings. The first kappa shape index (κ1) is 13.6. The van der Waals surface area contributed by atoms with Crippen LogP contribution in [-0.4, -0.2) is 33.2 Å². The van der Waals surface area contributed by atoms with Crippen LogP contribution in [0.25, 0.3) is 10.7 Å². The first-order valence-corrected chi connectivity index (χ1v) is 8.33. The largest absolute Gasteiger partial charge is 0.376 e. The molecule has 0 bridgehead atoms. The van der Waals surface area contributed by atoms with E-state index in [0.29, 0.717) is 5.75 Å². The van der Waals surface area contributed by atoms with Crippen molar-refractivity contribution in [1.29, 1.82) is 5.26 Å². The molecule has 0 aromatic carbocycles. The van der Waals surface area contributed by atoms with Crippen LogP contribution in [0.1, 0.15) is 12.8 Å². The van der Waals surface area contributed by atoms with Crippen molar-refractivity contribution < 1.29 is 4.74 Å². The average molecular weight is 306 g/mol. The number of ether oxygens (including phenoxy) is 1. The summed E-state index contributed by atoms with van der Waals surface area (Å²) >= 11 is 3.07. The van der Waals surface area contributed by atoms with Crippen molar-refractivity contribution in [2.75, 3.05) is 12.4 Å². The molecule has 20 heavy (non-hydrogen) atoms. The first-order chi connectivity index (χ1) is 9.88. The van der Waals surface area contributed by atoms with Crippen LogP contribution in [0.15, 0.2) is 22.7 Å². The van der Waals surface area contributed by atoms with E-state index in [1.807, 2.05) is 17.5 Å². The topological polar surface area (TPSA) is 63.7 Å². The van der Waals surface area contributed by atoms with Gasteiger partial charge in [0.05, 0.1) is 29.3 Å². The molecule has 7 heteroatoms. The maximum absolute atomic E-state index is 8.74. The van der Waals surface area contributed by atoms with Crippen molar-refractivity contribution in [2.24, 2.45) is 0 Å². The Morgan fingerprint density at radius 2 is 2.50 bits per heavy atom. The van der Waals surface area contributed by atoms with E-state index >= 15 is 0 Å². The van der Waals surface area contributed by atoms with Crippen LogP contribution in [0.2, 0.25) is 0 Å². The van der Waals surface area contributed by atoms with Gasteiger partial charge in [0.2, 0.25) is 0 Å². The zero-order valence-electron chi connectivity index (χ0n) is 10.9. The Hall–Kier alpha value is -1.36. The van der Waals surface area contributed by atoms with Crippen LogP contribution < -0.4 is 0 Å². The molecule has 0 saturated carbocycles. The van der Waals surface area contributed by atoms with Gasteiger partial charge in [-0.2, -0.15) is 5.26 Å². The summed E-state index contributed by atoms with van der Waals surface area (Å²) in [6.07, 6.45) is 2.41. The van der Waals surface area contributed by atoms with Crippen LogP contribution in [0.4, 0.5) is 0 Å². The van der Waals surface area contributed by atoms with Gasteiger partial charge in [-0.15, -0.1) is 21.5 Å². The lowest BCUT2D eigenvalue weighted by Gasteiger charge is -2.13. The van der Waals surface area contributed by atoms with E-state index in [4.69, 9.17) is 10.00 Å². The van der Waals surface area contributed by atoms with E-state index in [1.54, 1.807) is 11.3 Å². The molecule has 0 radical (unpaired) electrons. The number of hydrogen-bond acceptors (Lipinski definition) is 6. The second kappa shape index (κ2) is 6.39. The highest BCUT2D eigenvalue weighted by Crippen LogP contribution is 2.28. The molecule has 1 atom stereocenters. The Balaban J connectivity index is 1.89. The molecule has 0 aliphatic carbocycles. The number of rotatable bonds is 5. The Labute approximate surface area is 125 Å². The number of thioether (sulfide) groups is 1. The third-order valence-electron chi connectivity index (χ3n) is 3.13. The lowest BCUT2D eigenvalue weighted by molar-refractivity contribution is 0.0953. The molecule has 0 spiro atoms. The Morgan fingerprint density at radius 3 is 3.20 bits per heavy atom. The zero-order valence-corrected chi connectivity index (χ0v) is 12.5. The molecule has 2 aromatic heterocycles. The quantitative estimate of drug-likeness (QED) is 0.795.